The van der Waals surface area contributed by atoms with Gasteiger partial charge in [0.25, 0.3) is 0 Å². The Morgan fingerprint density at radius 1 is 1.61 bits per heavy atom. The van der Waals surface area contributed by atoms with Crippen LogP contribution in [0.25, 0.3) is 0 Å². The van der Waals surface area contributed by atoms with E-state index in [1.165, 1.54) is 5.56 Å². The normalized spacial score (nSPS) is 20.9. The van der Waals surface area contributed by atoms with Crippen LogP contribution in [-0.4, -0.2) is 48.8 Å². The second-order valence-electron chi connectivity index (χ2n) is 4.59. The molecule has 1 unspecified atom stereocenters. The number of pyridine rings is 1. The number of anilines is 1. The third-order valence-electron chi connectivity index (χ3n) is 3.23. The maximum atomic E-state index is 5.74. The molecule has 1 aromatic rings. The van der Waals surface area contributed by atoms with Gasteiger partial charge in [-0.05, 0) is 41.0 Å². The lowest BCUT2D eigenvalue weighted by molar-refractivity contribution is -0.0192. The van der Waals surface area contributed by atoms with Crippen molar-refractivity contribution in [2.75, 3.05) is 38.1 Å². The molecule has 2 heterocycles. The minimum absolute atomic E-state index is 0.254. The van der Waals surface area contributed by atoms with Crippen LogP contribution in [0.3, 0.4) is 0 Å². The molecule has 100 valence electrons. The van der Waals surface area contributed by atoms with Gasteiger partial charge in [0, 0.05) is 30.3 Å². The summed E-state index contributed by atoms with van der Waals surface area (Å²) in [4.78, 5) is 6.75. The summed E-state index contributed by atoms with van der Waals surface area (Å²) in [5.74, 6) is 0.910. The zero-order chi connectivity index (χ0) is 13.0. The molecule has 1 saturated heterocycles. The molecule has 1 N–H and O–H groups in total. The van der Waals surface area contributed by atoms with Crippen LogP contribution >= 0.6 is 15.9 Å². The van der Waals surface area contributed by atoms with Crippen molar-refractivity contribution >= 4 is 21.7 Å². The van der Waals surface area contributed by atoms with Crippen molar-refractivity contribution in [3.8, 4) is 0 Å². The number of ether oxygens (including phenoxy) is 1. The lowest BCUT2D eigenvalue weighted by atomic mass is 10.2. The van der Waals surface area contributed by atoms with Gasteiger partial charge in [0.05, 0.1) is 12.7 Å². The zero-order valence-corrected chi connectivity index (χ0v) is 12.5. The van der Waals surface area contributed by atoms with Crippen molar-refractivity contribution in [1.29, 1.82) is 0 Å². The highest BCUT2D eigenvalue weighted by molar-refractivity contribution is 9.10. The van der Waals surface area contributed by atoms with Gasteiger partial charge in [-0.3, -0.25) is 4.90 Å². The lowest BCUT2D eigenvalue weighted by Crippen LogP contribution is -2.45. The Morgan fingerprint density at radius 2 is 2.44 bits per heavy atom. The summed E-state index contributed by atoms with van der Waals surface area (Å²) >= 11 is 3.45. The molecular weight excluding hydrogens is 294 g/mol. The van der Waals surface area contributed by atoms with Gasteiger partial charge in [-0.1, -0.05) is 6.92 Å². The number of hydrogen-bond acceptors (Lipinski definition) is 4. The largest absolute Gasteiger partial charge is 0.374 e. The Bertz CT molecular complexity index is 400. The summed E-state index contributed by atoms with van der Waals surface area (Å²) in [5.41, 5.74) is 1.19. The highest BCUT2D eigenvalue weighted by Gasteiger charge is 2.18. The Kier molecular flexibility index (Phi) is 4.97. The van der Waals surface area contributed by atoms with Crippen LogP contribution in [0.5, 0.6) is 0 Å². The van der Waals surface area contributed by atoms with Crippen LogP contribution in [0.4, 0.5) is 5.82 Å². The number of hydrogen-bond donors (Lipinski definition) is 1. The van der Waals surface area contributed by atoms with E-state index in [0.717, 1.165) is 43.1 Å². The number of rotatable bonds is 4. The van der Waals surface area contributed by atoms with Gasteiger partial charge in [0.15, 0.2) is 0 Å². The Morgan fingerprint density at radius 3 is 3.17 bits per heavy atom. The number of morpholine rings is 1. The molecule has 5 heteroatoms. The van der Waals surface area contributed by atoms with E-state index >= 15 is 0 Å². The van der Waals surface area contributed by atoms with E-state index in [1.54, 1.807) is 0 Å². The fourth-order valence-electron chi connectivity index (χ4n) is 2.05. The van der Waals surface area contributed by atoms with E-state index in [9.17, 15) is 0 Å². The van der Waals surface area contributed by atoms with Crippen molar-refractivity contribution < 1.29 is 4.74 Å². The predicted molar refractivity (Wildman–Crippen MR) is 77.0 cm³/mol. The van der Waals surface area contributed by atoms with E-state index in [1.807, 2.05) is 12.3 Å². The number of aromatic nitrogens is 1. The van der Waals surface area contributed by atoms with Crippen molar-refractivity contribution in [2.24, 2.45) is 0 Å². The molecule has 1 aliphatic heterocycles. The summed E-state index contributed by atoms with van der Waals surface area (Å²) in [6, 6.07) is 2.05. The van der Waals surface area contributed by atoms with Crippen LogP contribution in [-0.2, 0) is 4.74 Å². The molecular formula is C13H20BrN3O. The van der Waals surface area contributed by atoms with Crippen LogP contribution < -0.4 is 5.32 Å². The van der Waals surface area contributed by atoms with Crippen LogP contribution in [0, 0.1) is 6.92 Å². The highest BCUT2D eigenvalue weighted by atomic mass is 79.9. The Hall–Kier alpha value is -0.650. The topological polar surface area (TPSA) is 37.4 Å². The fourth-order valence-corrected chi connectivity index (χ4v) is 2.26. The van der Waals surface area contributed by atoms with Crippen molar-refractivity contribution in [2.45, 2.75) is 20.0 Å². The van der Waals surface area contributed by atoms with Crippen LogP contribution in [0.1, 0.15) is 12.5 Å². The van der Waals surface area contributed by atoms with Crippen LogP contribution in [0.2, 0.25) is 0 Å². The lowest BCUT2D eigenvalue weighted by Gasteiger charge is -2.32. The van der Waals surface area contributed by atoms with E-state index in [-0.39, 0.29) is 6.10 Å². The first-order valence-corrected chi connectivity index (χ1v) is 7.18. The van der Waals surface area contributed by atoms with Crippen molar-refractivity contribution in [1.82, 2.24) is 9.88 Å². The number of aryl methyl sites for hydroxylation is 1. The summed E-state index contributed by atoms with van der Waals surface area (Å²) in [6.07, 6.45) is 2.09. The van der Waals surface area contributed by atoms with E-state index in [4.69, 9.17) is 4.74 Å². The zero-order valence-electron chi connectivity index (χ0n) is 10.9. The van der Waals surface area contributed by atoms with Gasteiger partial charge in [-0.15, -0.1) is 0 Å². The van der Waals surface area contributed by atoms with Crippen LogP contribution in [0.15, 0.2) is 16.7 Å². The predicted octanol–water partition coefficient (Wildman–Crippen LogP) is 2.29. The molecule has 18 heavy (non-hydrogen) atoms. The summed E-state index contributed by atoms with van der Waals surface area (Å²) in [5, 5.41) is 3.34. The van der Waals surface area contributed by atoms with Crippen molar-refractivity contribution in [3.63, 3.8) is 0 Å². The molecule has 1 aliphatic rings. The molecule has 0 bridgehead atoms. The average molecular weight is 314 g/mol. The Balaban J connectivity index is 1.85. The van der Waals surface area contributed by atoms with Gasteiger partial charge >= 0.3 is 0 Å². The standard InChI is InChI=1S/C13H20BrN3O/c1-3-17-4-5-18-11(9-17)7-15-13-6-10(2)12(14)8-16-13/h6,8,11H,3-5,7,9H2,1-2H3,(H,15,16). The molecule has 0 radical (unpaired) electrons. The van der Waals surface area contributed by atoms with E-state index in [0.29, 0.717) is 0 Å². The maximum Gasteiger partial charge on any atom is 0.126 e. The first-order valence-electron chi connectivity index (χ1n) is 6.39. The van der Waals surface area contributed by atoms with Gasteiger partial charge in [-0.25, -0.2) is 4.98 Å². The highest BCUT2D eigenvalue weighted by Crippen LogP contribution is 2.17. The third kappa shape index (κ3) is 3.67. The van der Waals surface area contributed by atoms with Crippen molar-refractivity contribution in [3.05, 3.63) is 22.3 Å². The minimum Gasteiger partial charge on any atom is -0.374 e. The van der Waals surface area contributed by atoms with Gasteiger partial charge in [-0.2, -0.15) is 0 Å². The van der Waals surface area contributed by atoms with Gasteiger partial charge in [0.1, 0.15) is 5.82 Å². The quantitative estimate of drug-likeness (QED) is 0.925. The molecule has 0 amide bonds. The van der Waals surface area contributed by atoms with E-state index < -0.39 is 0 Å². The fraction of sp³-hybridized carbons (Fsp3) is 0.615. The minimum atomic E-state index is 0.254. The summed E-state index contributed by atoms with van der Waals surface area (Å²) < 4.78 is 6.79. The van der Waals surface area contributed by atoms with Gasteiger partial charge in [0.2, 0.25) is 0 Å². The molecule has 0 spiro atoms. The first-order chi connectivity index (χ1) is 8.69. The molecule has 0 saturated carbocycles. The molecule has 1 fully saturated rings. The third-order valence-corrected chi connectivity index (χ3v) is 4.06. The van der Waals surface area contributed by atoms with Gasteiger partial charge < -0.3 is 10.1 Å². The second kappa shape index (κ2) is 6.50. The second-order valence-corrected chi connectivity index (χ2v) is 5.44. The molecule has 4 nitrogen and oxygen atoms in total. The molecule has 2 rings (SSSR count). The first kappa shape index (κ1) is 13.8. The number of nitrogens with zero attached hydrogens (tertiary/aromatic N) is 2. The smallest absolute Gasteiger partial charge is 0.126 e. The molecule has 1 atom stereocenters. The number of likely N-dealkylation sites (N-methyl/N-ethyl adjacent to an activating group) is 1. The maximum absolute atomic E-state index is 5.74. The number of halogens is 1. The monoisotopic (exact) mass is 313 g/mol. The summed E-state index contributed by atoms with van der Waals surface area (Å²) in [7, 11) is 0. The summed E-state index contributed by atoms with van der Waals surface area (Å²) in [6.45, 7) is 9.02. The SMILES string of the molecule is CCN1CCOC(CNc2cc(C)c(Br)cn2)C1. The molecule has 0 aromatic carbocycles. The Labute approximate surface area is 117 Å². The molecule has 1 aromatic heterocycles. The number of nitrogens with one attached hydrogen (secondary N) is 1. The van der Waals surface area contributed by atoms with E-state index in [2.05, 4.69) is 45.0 Å². The molecule has 0 aliphatic carbocycles. The average Bonchev–Trinajstić information content (AvgIpc) is 2.40.